The summed E-state index contributed by atoms with van der Waals surface area (Å²) in [6.07, 6.45) is -1.94. The van der Waals surface area contributed by atoms with Crippen molar-refractivity contribution in [2.45, 2.75) is 32.0 Å². The third-order valence-electron chi connectivity index (χ3n) is 4.00. The van der Waals surface area contributed by atoms with Crippen molar-refractivity contribution in [2.24, 2.45) is 11.7 Å². The van der Waals surface area contributed by atoms with Crippen LogP contribution in [0.15, 0.2) is 18.2 Å². The maximum absolute atomic E-state index is 13.3. The lowest BCUT2D eigenvalue weighted by molar-refractivity contribution is -0.137. The van der Waals surface area contributed by atoms with Crippen molar-refractivity contribution in [3.8, 4) is 0 Å². The van der Waals surface area contributed by atoms with Crippen LogP contribution in [0.4, 0.5) is 18.9 Å². The fourth-order valence-corrected chi connectivity index (χ4v) is 2.92. The predicted octanol–water partition coefficient (Wildman–Crippen LogP) is 2.76. The van der Waals surface area contributed by atoms with Crippen LogP contribution in [0.3, 0.4) is 0 Å². The van der Waals surface area contributed by atoms with Crippen molar-refractivity contribution in [1.82, 2.24) is 0 Å². The number of aliphatic hydroxyl groups excluding tert-OH is 1. The monoisotopic (exact) mass is 302 g/mol. The lowest BCUT2D eigenvalue weighted by Gasteiger charge is -2.35. The van der Waals surface area contributed by atoms with E-state index in [4.69, 9.17) is 10.8 Å². The average Bonchev–Trinajstić information content (AvgIpc) is 2.46. The molecule has 0 radical (unpaired) electrons. The van der Waals surface area contributed by atoms with Crippen molar-refractivity contribution < 1.29 is 18.3 Å². The van der Waals surface area contributed by atoms with Crippen molar-refractivity contribution >= 4 is 5.69 Å². The Labute approximate surface area is 122 Å². The molecular weight excluding hydrogens is 281 g/mol. The molecule has 1 aliphatic rings. The van der Waals surface area contributed by atoms with Gasteiger partial charge in [0.2, 0.25) is 0 Å². The molecule has 3 N–H and O–H groups in total. The average molecular weight is 302 g/mol. The highest BCUT2D eigenvalue weighted by atomic mass is 19.4. The van der Waals surface area contributed by atoms with Crippen molar-refractivity contribution in [3.63, 3.8) is 0 Å². The topological polar surface area (TPSA) is 49.5 Å². The molecule has 1 aliphatic heterocycles. The normalized spacial score (nSPS) is 19.9. The van der Waals surface area contributed by atoms with E-state index in [9.17, 15) is 13.2 Å². The van der Waals surface area contributed by atoms with Gasteiger partial charge in [-0.1, -0.05) is 6.07 Å². The molecule has 1 heterocycles. The minimum Gasteiger partial charge on any atom is -0.396 e. The van der Waals surface area contributed by atoms with Gasteiger partial charge in [-0.25, -0.2) is 0 Å². The zero-order valence-corrected chi connectivity index (χ0v) is 11.9. The quantitative estimate of drug-likeness (QED) is 0.899. The van der Waals surface area contributed by atoms with Crippen LogP contribution in [0.1, 0.15) is 30.4 Å². The van der Waals surface area contributed by atoms with Crippen LogP contribution in [0.2, 0.25) is 0 Å². The summed E-state index contributed by atoms with van der Waals surface area (Å²) >= 11 is 0. The predicted molar refractivity (Wildman–Crippen MR) is 76.0 cm³/mol. The second kappa shape index (κ2) is 6.66. The standard InChI is InChI=1S/C15H21F3N2O/c16-15(17,18)13-8-12(9-19)3-4-14(13)20-6-1-2-11(10-20)5-7-21/h3-4,8,11,21H,1-2,5-7,9-10,19H2. The number of anilines is 1. The summed E-state index contributed by atoms with van der Waals surface area (Å²) in [5, 5.41) is 9.02. The third-order valence-corrected chi connectivity index (χ3v) is 4.00. The van der Waals surface area contributed by atoms with E-state index in [0.29, 0.717) is 25.1 Å². The largest absolute Gasteiger partial charge is 0.418 e. The van der Waals surface area contributed by atoms with Gasteiger partial charge < -0.3 is 15.7 Å². The molecule has 0 aliphatic carbocycles. The van der Waals surface area contributed by atoms with Gasteiger partial charge in [-0.15, -0.1) is 0 Å². The van der Waals surface area contributed by atoms with Gasteiger partial charge in [0.1, 0.15) is 0 Å². The first kappa shape index (κ1) is 16.1. The number of nitrogens with zero attached hydrogens (tertiary/aromatic N) is 1. The van der Waals surface area contributed by atoms with Crippen molar-refractivity contribution in [1.29, 1.82) is 0 Å². The fraction of sp³-hybridized carbons (Fsp3) is 0.600. The number of piperidine rings is 1. The maximum atomic E-state index is 13.3. The molecule has 1 unspecified atom stereocenters. The fourth-order valence-electron chi connectivity index (χ4n) is 2.92. The first-order valence-corrected chi connectivity index (χ1v) is 7.21. The van der Waals surface area contributed by atoms with Gasteiger partial charge in [0, 0.05) is 31.9 Å². The highest BCUT2D eigenvalue weighted by Gasteiger charge is 2.36. The number of benzene rings is 1. The Balaban J connectivity index is 2.29. The van der Waals surface area contributed by atoms with E-state index in [1.165, 1.54) is 6.07 Å². The van der Waals surface area contributed by atoms with Crippen LogP contribution < -0.4 is 10.6 Å². The summed E-state index contributed by atoms with van der Waals surface area (Å²) < 4.78 is 39.8. The number of rotatable bonds is 4. The molecule has 3 nitrogen and oxygen atoms in total. The number of hydrogen-bond acceptors (Lipinski definition) is 3. The number of aliphatic hydroxyl groups is 1. The molecule has 0 aromatic heterocycles. The molecule has 1 fully saturated rings. The van der Waals surface area contributed by atoms with Crippen LogP contribution in [-0.4, -0.2) is 24.8 Å². The van der Waals surface area contributed by atoms with Crippen LogP contribution in [-0.2, 0) is 12.7 Å². The first-order valence-electron chi connectivity index (χ1n) is 7.21. The smallest absolute Gasteiger partial charge is 0.396 e. The van der Waals surface area contributed by atoms with E-state index in [1.54, 1.807) is 11.0 Å². The van der Waals surface area contributed by atoms with Gasteiger partial charge >= 0.3 is 6.18 Å². The van der Waals surface area contributed by atoms with Crippen molar-refractivity contribution in [2.75, 3.05) is 24.6 Å². The Morgan fingerprint density at radius 2 is 2.10 bits per heavy atom. The van der Waals surface area contributed by atoms with Gasteiger partial charge in [-0.05, 0) is 42.9 Å². The lowest BCUT2D eigenvalue weighted by Crippen LogP contribution is -2.37. The van der Waals surface area contributed by atoms with Crippen LogP contribution in [0, 0.1) is 5.92 Å². The van der Waals surface area contributed by atoms with E-state index >= 15 is 0 Å². The Bertz CT molecular complexity index is 474. The summed E-state index contributed by atoms with van der Waals surface area (Å²) in [5.41, 5.74) is 5.53. The molecule has 1 atom stereocenters. The zero-order valence-electron chi connectivity index (χ0n) is 11.9. The highest BCUT2D eigenvalue weighted by molar-refractivity contribution is 5.56. The molecular formula is C15H21F3N2O. The summed E-state index contributed by atoms with van der Waals surface area (Å²) in [7, 11) is 0. The Morgan fingerprint density at radius 1 is 1.33 bits per heavy atom. The van der Waals surface area contributed by atoms with Gasteiger partial charge in [-0.3, -0.25) is 0 Å². The maximum Gasteiger partial charge on any atom is 0.418 e. The molecule has 1 saturated heterocycles. The molecule has 118 valence electrons. The molecule has 1 aromatic carbocycles. The number of alkyl halides is 3. The summed E-state index contributed by atoms with van der Waals surface area (Å²) in [5.74, 6) is 0.249. The Morgan fingerprint density at radius 3 is 2.71 bits per heavy atom. The highest BCUT2D eigenvalue weighted by Crippen LogP contribution is 2.38. The Kier molecular flexibility index (Phi) is 5.11. The molecule has 0 saturated carbocycles. The molecule has 6 heteroatoms. The van der Waals surface area contributed by atoms with Crippen LogP contribution >= 0.6 is 0 Å². The summed E-state index contributed by atoms with van der Waals surface area (Å²) in [6, 6.07) is 4.32. The van der Waals surface area contributed by atoms with Gasteiger partial charge in [-0.2, -0.15) is 13.2 Å². The lowest BCUT2D eigenvalue weighted by atomic mass is 9.94. The number of hydrogen-bond donors (Lipinski definition) is 2. The molecule has 0 amide bonds. The second-order valence-electron chi connectivity index (χ2n) is 5.52. The number of halogens is 3. The Hall–Kier alpha value is -1.27. The molecule has 0 spiro atoms. The van der Waals surface area contributed by atoms with E-state index in [0.717, 1.165) is 18.9 Å². The van der Waals surface area contributed by atoms with Gasteiger partial charge in [0.15, 0.2) is 0 Å². The van der Waals surface area contributed by atoms with Gasteiger partial charge in [0.25, 0.3) is 0 Å². The molecule has 0 bridgehead atoms. The second-order valence-corrected chi connectivity index (χ2v) is 5.52. The van der Waals surface area contributed by atoms with E-state index in [1.807, 2.05) is 0 Å². The first-order chi connectivity index (χ1) is 9.95. The van der Waals surface area contributed by atoms with Crippen LogP contribution in [0.25, 0.3) is 0 Å². The number of nitrogens with two attached hydrogens (primary N) is 1. The van der Waals surface area contributed by atoms with Crippen LogP contribution in [0.5, 0.6) is 0 Å². The third kappa shape index (κ3) is 3.89. The summed E-state index contributed by atoms with van der Waals surface area (Å²) in [4.78, 5) is 1.78. The SMILES string of the molecule is NCc1ccc(N2CCCC(CCO)C2)c(C(F)(F)F)c1. The van der Waals surface area contributed by atoms with Crippen molar-refractivity contribution in [3.05, 3.63) is 29.3 Å². The van der Waals surface area contributed by atoms with E-state index < -0.39 is 11.7 Å². The van der Waals surface area contributed by atoms with E-state index in [-0.39, 0.29) is 24.8 Å². The van der Waals surface area contributed by atoms with Gasteiger partial charge in [0.05, 0.1) is 5.56 Å². The molecule has 1 aromatic rings. The van der Waals surface area contributed by atoms with E-state index in [2.05, 4.69) is 0 Å². The minimum absolute atomic E-state index is 0.0801. The minimum atomic E-state index is -4.38. The zero-order chi connectivity index (χ0) is 15.5. The summed E-state index contributed by atoms with van der Waals surface area (Å²) in [6.45, 7) is 1.35. The molecule has 2 rings (SSSR count). The molecule has 21 heavy (non-hydrogen) atoms.